The summed E-state index contributed by atoms with van der Waals surface area (Å²) in [6, 6.07) is 1.32. The maximum atomic E-state index is 10.8. The first-order valence-electron chi connectivity index (χ1n) is 5.16. The minimum Gasteiger partial charge on any atom is -0.496 e. The molecule has 0 bridgehead atoms. The number of rotatable bonds is 3. The fraction of sp³-hybridized carbons (Fsp3) is 0.273. The van der Waals surface area contributed by atoms with Gasteiger partial charge < -0.3 is 20.2 Å². The number of nitrogens with two attached hydrogens (primary N) is 1. The number of nitrogens with one attached hydrogen (secondary N) is 1. The number of nitrogens with zero attached hydrogens (tertiary/aromatic N) is 2. The van der Waals surface area contributed by atoms with Gasteiger partial charge in [0.25, 0.3) is 0 Å². The fourth-order valence-electron chi connectivity index (χ4n) is 1.79. The van der Waals surface area contributed by atoms with Gasteiger partial charge in [0.1, 0.15) is 11.4 Å². The molecule has 0 unspecified atom stereocenters. The van der Waals surface area contributed by atoms with Crippen molar-refractivity contribution in [2.45, 2.75) is 13.5 Å². The zero-order chi connectivity index (χ0) is 12.4. The number of hydrogen-bond acceptors (Lipinski definition) is 3. The topological polar surface area (TPSA) is 81.7 Å². The molecule has 6 heteroatoms. The second kappa shape index (κ2) is 4.32. The number of ether oxygens (including phenoxy) is 1. The van der Waals surface area contributed by atoms with Crippen LogP contribution in [-0.4, -0.2) is 22.5 Å². The second-order valence-electron chi connectivity index (χ2n) is 3.67. The Bertz CT molecular complexity index is 562. The van der Waals surface area contributed by atoms with Crippen LogP contribution in [-0.2, 0) is 6.54 Å². The lowest BCUT2D eigenvalue weighted by atomic mass is 10.2. The van der Waals surface area contributed by atoms with E-state index in [0.717, 1.165) is 16.9 Å². The Labute approximate surface area is 98.4 Å². The van der Waals surface area contributed by atoms with Crippen molar-refractivity contribution in [3.63, 3.8) is 0 Å². The van der Waals surface area contributed by atoms with Crippen LogP contribution in [0.25, 0.3) is 5.65 Å². The average Bonchev–Trinajstić information content (AvgIpc) is 2.76. The summed E-state index contributed by atoms with van der Waals surface area (Å²) in [7, 11) is 1.59. The normalized spacial score (nSPS) is 10.5. The van der Waals surface area contributed by atoms with E-state index in [1.165, 1.54) is 0 Å². The van der Waals surface area contributed by atoms with Crippen LogP contribution in [0.3, 0.4) is 0 Å². The smallest absolute Gasteiger partial charge is 0.312 e. The third-order valence-corrected chi connectivity index (χ3v) is 2.59. The van der Waals surface area contributed by atoms with Gasteiger partial charge in [-0.3, -0.25) is 0 Å². The number of hydrogen-bond donors (Lipinski definition) is 2. The van der Waals surface area contributed by atoms with Crippen LogP contribution in [0, 0.1) is 6.92 Å². The number of methoxy groups -OCH3 is 1. The van der Waals surface area contributed by atoms with Crippen LogP contribution < -0.4 is 15.8 Å². The fourth-order valence-corrected chi connectivity index (χ4v) is 1.79. The Morgan fingerprint density at radius 3 is 3.06 bits per heavy atom. The molecule has 0 aliphatic carbocycles. The van der Waals surface area contributed by atoms with Crippen molar-refractivity contribution in [3.05, 3.63) is 29.7 Å². The van der Waals surface area contributed by atoms with E-state index in [1.54, 1.807) is 13.3 Å². The predicted molar refractivity (Wildman–Crippen MR) is 62.9 cm³/mol. The SMILES string of the molecule is COc1cc(C)n2ccnc2c1CNC(N)=O. The Morgan fingerprint density at radius 1 is 1.65 bits per heavy atom. The van der Waals surface area contributed by atoms with Crippen molar-refractivity contribution in [2.75, 3.05) is 7.11 Å². The van der Waals surface area contributed by atoms with Gasteiger partial charge in [-0.05, 0) is 6.92 Å². The summed E-state index contributed by atoms with van der Waals surface area (Å²) in [6.07, 6.45) is 3.56. The number of carbonyl (C=O) groups excluding carboxylic acids is 1. The van der Waals surface area contributed by atoms with Crippen LogP contribution in [0.1, 0.15) is 11.3 Å². The third-order valence-electron chi connectivity index (χ3n) is 2.59. The standard InChI is InChI=1S/C11H14N4O2/c1-7-5-9(17-2)8(6-14-11(12)16)10-13-3-4-15(7)10/h3-5H,6H2,1-2H3,(H3,12,14,16). The predicted octanol–water partition coefficient (Wildman–Crippen LogP) is 0.820. The molecule has 2 heterocycles. The number of amides is 2. The molecule has 2 rings (SSSR count). The zero-order valence-corrected chi connectivity index (χ0v) is 9.73. The molecule has 0 aromatic carbocycles. The van der Waals surface area contributed by atoms with Crippen molar-refractivity contribution in [1.82, 2.24) is 14.7 Å². The van der Waals surface area contributed by atoms with E-state index in [4.69, 9.17) is 10.5 Å². The monoisotopic (exact) mass is 234 g/mol. The summed E-state index contributed by atoms with van der Waals surface area (Å²) in [5.41, 5.74) is 7.64. The molecular weight excluding hydrogens is 220 g/mol. The number of aryl methyl sites for hydroxylation is 1. The molecule has 0 spiro atoms. The average molecular weight is 234 g/mol. The summed E-state index contributed by atoms with van der Waals surface area (Å²) in [5.74, 6) is 0.690. The lowest BCUT2D eigenvalue weighted by Gasteiger charge is -2.12. The van der Waals surface area contributed by atoms with Crippen molar-refractivity contribution in [3.8, 4) is 5.75 Å². The number of imidazole rings is 1. The molecule has 0 aliphatic rings. The summed E-state index contributed by atoms with van der Waals surface area (Å²) in [4.78, 5) is 15.0. The lowest BCUT2D eigenvalue weighted by molar-refractivity contribution is 0.248. The molecule has 0 fully saturated rings. The van der Waals surface area contributed by atoms with Crippen LogP contribution in [0.2, 0.25) is 0 Å². The maximum absolute atomic E-state index is 10.8. The first-order valence-corrected chi connectivity index (χ1v) is 5.16. The Morgan fingerprint density at radius 2 is 2.41 bits per heavy atom. The molecule has 6 nitrogen and oxygen atoms in total. The van der Waals surface area contributed by atoms with E-state index in [1.807, 2.05) is 23.6 Å². The molecule has 0 saturated carbocycles. The van der Waals surface area contributed by atoms with E-state index < -0.39 is 6.03 Å². The van der Waals surface area contributed by atoms with E-state index in [9.17, 15) is 4.79 Å². The van der Waals surface area contributed by atoms with E-state index in [0.29, 0.717) is 12.3 Å². The number of aromatic nitrogens is 2. The Balaban J connectivity index is 2.53. The van der Waals surface area contributed by atoms with Gasteiger partial charge in [0.05, 0.1) is 19.2 Å². The summed E-state index contributed by atoms with van der Waals surface area (Å²) in [5, 5.41) is 2.54. The number of fused-ring (bicyclic) bond motifs is 1. The van der Waals surface area contributed by atoms with Crippen molar-refractivity contribution in [2.24, 2.45) is 5.73 Å². The van der Waals surface area contributed by atoms with Gasteiger partial charge in [0, 0.05) is 24.2 Å². The van der Waals surface area contributed by atoms with Crippen molar-refractivity contribution >= 4 is 11.7 Å². The van der Waals surface area contributed by atoms with Crippen molar-refractivity contribution < 1.29 is 9.53 Å². The highest BCUT2D eigenvalue weighted by molar-refractivity contribution is 5.72. The highest BCUT2D eigenvalue weighted by Gasteiger charge is 2.12. The minimum absolute atomic E-state index is 0.291. The number of urea groups is 1. The lowest BCUT2D eigenvalue weighted by Crippen LogP contribution is -2.29. The van der Waals surface area contributed by atoms with Crippen LogP contribution in [0.15, 0.2) is 18.5 Å². The zero-order valence-electron chi connectivity index (χ0n) is 9.73. The minimum atomic E-state index is -0.572. The molecule has 0 saturated heterocycles. The van der Waals surface area contributed by atoms with Gasteiger partial charge in [0.2, 0.25) is 0 Å². The van der Waals surface area contributed by atoms with Gasteiger partial charge >= 0.3 is 6.03 Å². The first kappa shape index (κ1) is 11.3. The van der Waals surface area contributed by atoms with Crippen LogP contribution in [0.4, 0.5) is 4.79 Å². The first-order chi connectivity index (χ1) is 8.13. The number of pyridine rings is 1. The summed E-state index contributed by atoms with van der Waals surface area (Å²) < 4.78 is 7.22. The highest BCUT2D eigenvalue weighted by atomic mass is 16.5. The van der Waals surface area contributed by atoms with Crippen LogP contribution >= 0.6 is 0 Å². The van der Waals surface area contributed by atoms with Crippen molar-refractivity contribution in [1.29, 1.82) is 0 Å². The summed E-state index contributed by atoms with van der Waals surface area (Å²) in [6.45, 7) is 2.25. The molecule has 0 atom stereocenters. The maximum Gasteiger partial charge on any atom is 0.312 e. The molecule has 2 aromatic rings. The van der Waals surface area contributed by atoms with Gasteiger partial charge in [-0.2, -0.15) is 0 Å². The van der Waals surface area contributed by atoms with E-state index >= 15 is 0 Å². The van der Waals surface area contributed by atoms with E-state index in [2.05, 4.69) is 10.3 Å². The second-order valence-corrected chi connectivity index (χ2v) is 3.67. The molecular formula is C11H14N4O2. The third kappa shape index (κ3) is 2.01. The van der Waals surface area contributed by atoms with Gasteiger partial charge in [-0.1, -0.05) is 0 Å². The summed E-state index contributed by atoms with van der Waals surface area (Å²) >= 11 is 0. The quantitative estimate of drug-likeness (QED) is 0.824. The molecule has 0 radical (unpaired) electrons. The van der Waals surface area contributed by atoms with Crippen LogP contribution in [0.5, 0.6) is 5.75 Å². The van der Waals surface area contributed by atoms with Gasteiger partial charge in [-0.25, -0.2) is 9.78 Å². The molecule has 17 heavy (non-hydrogen) atoms. The van der Waals surface area contributed by atoms with E-state index in [-0.39, 0.29) is 0 Å². The molecule has 3 N–H and O–H groups in total. The highest BCUT2D eigenvalue weighted by Crippen LogP contribution is 2.24. The Hall–Kier alpha value is -2.24. The number of carbonyl (C=O) groups is 1. The largest absolute Gasteiger partial charge is 0.496 e. The van der Waals surface area contributed by atoms with Gasteiger partial charge in [0.15, 0.2) is 0 Å². The molecule has 0 aliphatic heterocycles. The molecule has 2 aromatic heterocycles. The number of primary amides is 1. The Kier molecular flexibility index (Phi) is 2.86. The van der Waals surface area contributed by atoms with Gasteiger partial charge in [-0.15, -0.1) is 0 Å². The molecule has 90 valence electrons. The molecule has 2 amide bonds.